The summed E-state index contributed by atoms with van der Waals surface area (Å²) < 4.78 is 13.2. The number of benzene rings is 1. The normalized spacial score (nSPS) is 20.7. The number of halogens is 1. The Labute approximate surface area is 127 Å². The average Bonchev–Trinajstić information content (AvgIpc) is 2.41. The van der Waals surface area contributed by atoms with Crippen LogP contribution in [0.3, 0.4) is 0 Å². The van der Waals surface area contributed by atoms with Gasteiger partial charge in [0.2, 0.25) is 0 Å². The molecule has 1 atom stereocenters. The standard InChI is InChI=1S/C17H28FN3/c1-14(2)12-17(19,15-4-6-16(18)7-5-15)13-21-10-8-20(3)9-11-21/h4-7,14H,8-13,19H2,1-3H3. The molecule has 2 rings (SSSR count). The van der Waals surface area contributed by atoms with Gasteiger partial charge in [0, 0.05) is 32.7 Å². The van der Waals surface area contributed by atoms with Gasteiger partial charge in [0.1, 0.15) is 5.82 Å². The molecule has 1 aliphatic rings. The zero-order valence-corrected chi connectivity index (χ0v) is 13.5. The van der Waals surface area contributed by atoms with Crippen molar-refractivity contribution in [3.05, 3.63) is 35.6 Å². The lowest BCUT2D eigenvalue weighted by Gasteiger charge is -2.40. The highest BCUT2D eigenvalue weighted by Crippen LogP contribution is 2.28. The predicted molar refractivity (Wildman–Crippen MR) is 85.7 cm³/mol. The number of hydrogen-bond acceptors (Lipinski definition) is 3. The largest absolute Gasteiger partial charge is 0.320 e. The van der Waals surface area contributed by atoms with Crippen molar-refractivity contribution in [1.82, 2.24) is 9.80 Å². The van der Waals surface area contributed by atoms with Crippen molar-refractivity contribution in [2.24, 2.45) is 11.7 Å². The van der Waals surface area contributed by atoms with Crippen LogP contribution in [0.2, 0.25) is 0 Å². The van der Waals surface area contributed by atoms with Crippen LogP contribution in [-0.4, -0.2) is 49.6 Å². The summed E-state index contributed by atoms with van der Waals surface area (Å²) >= 11 is 0. The molecule has 0 spiro atoms. The second kappa shape index (κ2) is 6.86. The van der Waals surface area contributed by atoms with E-state index in [1.165, 1.54) is 12.1 Å². The quantitative estimate of drug-likeness (QED) is 0.904. The predicted octanol–water partition coefficient (Wildman–Crippen LogP) is 2.27. The van der Waals surface area contributed by atoms with Crippen molar-refractivity contribution in [2.45, 2.75) is 25.8 Å². The van der Waals surface area contributed by atoms with Crippen molar-refractivity contribution < 1.29 is 4.39 Å². The molecule has 0 aromatic heterocycles. The fourth-order valence-electron chi connectivity index (χ4n) is 3.19. The van der Waals surface area contributed by atoms with Crippen LogP contribution >= 0.6 is 0 Å². The Morgan fingerprint density at radius 1 is 1.14 bits per heavy atom. The molecule has 2 N–H and O–H groups in total. The van der Waals surface area contributed by atoms with Gasteiger partial charge < -0.3 is 10.6 Å². The van der Waals surface area contributed by atoms with Crippen LogP contribution in [0.5, 0.6) is 0 Å². The maximum absolute atomic E-state index is 13.2. The molecule has 1 fully saturated rings. The second-order valence-corrected chi connectivity index (χ2v) is 6.84. The molecular formula is C17H28FN3. The third-order valence-corrected chi connectivity index (χ3v) is 4.29. The Morgan fingerprint density at radius 3 is 2.24 bits per heavy atom. The van der Waals surface area contributed by atoms with E-state index in [0.29, 0.717) is 5.92 Å². The number of nitrogens with zero attached hydrogens (tertiary/aromatic N) is 2. The lowest BCUT2D eigenvalue weighted by Crippen LogP contribution is -2.53. The first kappa shape index (κ1) is 16.4. The van der Waals surface area contributed by atoms with Crippen molar-refractivity contribution in [3.63, 3.8) is 0 Å². The first-order valence-electron chi connectivity index (χ1n) is 7.85. The van der Waals surface area contributed by atoms with Crippen molar-refractivity contribution in [2.75, 3.05) is 39.8 Å². The molecule has 1 aromatic rings. The number of likely N-dealkylation sites (N-methyl/N-ethyl adjacent to an activating group) is 1. The molecule has 1 unspecified atom stereocenters. The van der Waals surface area contributed by atoms with E-state index in [1.54, 1.807) is 0 Å². The van der Waals surface area contributed by atoms with Crippen LogP contribution in [0, 0.1) is 11.7 Å². The zero-order chi connectivity index (χ0) is 15.5. The fraction of sp³-hybridized carbons (Fsp3) is 0.647. The van der Waals surface area contributed by atoms with Gasteiger partial charge in [-0.3, -0.25) is 4.90 Å². The lowest BCUT2D eigenvalue weighted by molar-refractivity contribution is 0.118. The van der Waals surface area contributed by atoms with E-state index in [-0.39, 0.29) is 5.82 Å². The fourth-order valence-corrected chi connectivity index (χ4v) is 3.19. The van der Waals surface area contributed by atoms with Gasteiger partial charge in [0.15, 0.2) is 0 Å². The number of rotatable bonds is 5. The highest BCUT2D eigenvalue weighted by atomic mass is 19.1. The molecule has 118 valence electrons. The summed E-state index contributed by atoms with van der Waals surface area (Å²) in [5.41, 5.74) is 7.39. The van der Waals surface area contributed by atoms with Gasteiger partial charge in [-0.1, -0.05) is 26.0 Å². The highest BCUT2D eigenvalue weighted by molar-refractivity contribution is 5.25. The zero-order valence-electron chi connectivity index (χ0n) is 13.5. The summed E-state index contributed by atoms with van der Waals surface area (Å²) in [4.78, 5) is 4.78. The van der Waals surface area contributed by atoms with E-state index >= 15 is 0 Å². The number of hydrogen-bond donors (Lipinski definition) is 1. The molecule has 0 saturated carbocycles. The number of piperazine rings is 1. The van der Waals surface area contributed by atoms with Crippen molar-refractivity contribution in [1.29, 1.82) is 0 Å². The molecular weight excluding hydrogens is 265 g/mol. The maximum Gasteiger partial charge on any atom is 0.123 e. The van der Waals surface area contributed by atoms with E-state index in [0.717, 1.165) is 44.7 Å². The maximum atomic E-state index is 13.2. The topological polar surface area (TPSA) is 32.5 Å². The van der Waals surface area contributed by atoms with Gasteiger partial charge >= 0.3 is 0 Å². The first-order chi connectivity index (χ1) is 9.89. The Morgan fingerprint density at radius 2 is 1.71 bits per heavy atom. The molecule has 4 heteroatoms. The minimum absolute atomic E-state index is 0.203. The Bertz CT molecular complexity index is 438. The summed E-state index contributed by atoms with van der Waals surface area (Å²) in [5.74, 6) is 0.303. The van der Waals surface area contributed by atoms with Gasteiger partial charge in [-0.15, -0.1) is 0 Å². The lowest BCUT2D eigenvalue weighted by atomic mass is 9.82. The van der Waals surface area contributed by atoms with E-state index in [4.69, 9.17) is 5.73 Å². The Hall–Kier alpha value is -0.970. The van der Waals surface area contributed by atoms with E-state index in [1.807, 2.05) is 12.1 Å². The molecule has 1 aromatic carbocycles. The average molecular weight is 293 g/mol. The summed E-state index contributed by atoms with van der Waals surface area (Å²) in [7, 11) is 2.15. The van der Waals surface area contributed by atoms with Gasteiger partial charge in [-0.2, -0.15) is 0 Å². The molecule has 0 aliphatic carbocycles. The van der Waals surface area contributed by atoms with E-state index < -0.39 is 5.54 Å². The van der Waals surface area contributed by atoms with Gasteiger partial charge in [0.25, 0.3) is 0 Å². The van der Waals surface area contributed by atoms with Crippen LogP contribution in [-0.2, 0) is 5.54 Å². The minimum atomic E-state index is -0.405. The van der Waals surface area contributed by atoms with E-state index in [9.17, 15) is 4.39 Å². The molecule has 3 nitrogen and oxygen atoms in total. The van der Waals surface area contributed by atoms with Gasteiger partial charge in [-0.25, -0.2) is 4.39 Å². The van der Waals surface area contributed by atoms with Gasteiger partial charge in [-0.05, 0) is 37.1 Å². The van der Waals surface area contributed by atoms with Gasteiger partial charge in [0.05, 0.1) is 5.54 Å². The molecule has 0 bridgehead atoms. The molecule has 21 heavy (non-hydrogen) atoms. The summed E-state index contributed by atoms with van der Waals surface area (Å²) in [6.45, 7) is 9.49. The molecule has 0 amide bonds. The second-order valence-electron chi connectivity index (χ2n) is 6.84. The molecule has 1 heterocycles. The first-order valence-corrected chi connectivity index (χ1v) is 7.85. The highest BCUT2D eigenvalue weighted by Gasteiger charge is 2.31. The van der Waals surface area contributed by atoms with Crippen molar-refractivity contribution >= 4 is 0 Å². The third kappa shape index (κ3) is 4.50. The van der Waals surface area contributed by atoms with Crippen LogP contribution in [0.25, 0.3) is 0 Å². The van der Waals surface area contributed by atoms with Crippen LogP contribution in [0.1, 0.15) is 25.8 Å². The summed E-state index contributed by atoms with van der Waals surface area (Å²) in [5, 5.41) is 0. The van der Waals surface area contributed by atoms with Crippen LogP contribution in [0.15, 0.2) is 24.3 Å². The summed E-state index contributed by atoms with van der Waals surface area (Å²) in [6, 6.07) is 6.71. The molecule has 1 saturated heterocycles. The van der Waals surface area contributed by atoms with Crippen LogP contribution < -0.4 is 5.73 Å². The molecule has 1 aliphatic heterocycles. The SMILES string of the molecule is CC(C)CC(N)(CN1CCN(C)CC1)c1ccc(F)cc1. The minimum Gasteiger partial charge on any atom is -0.320 e. The Balaban J connectivity index is 2.14. The van der Waals surface area contributed by atoms with Crippen molar-refractivity contribution in [3.8, 4) is 0 Å². The smallest absolute Gasteiger partial charge is 0.123 e. The molecule has 0 radical (unpaired) electrons. The van der Waals surface area contributed by atoms with E-state index in [2.05, 4.69) is 30.7 Å². The van der Waals surface area contributed by atoms with Crippen LogP contribution in [0.4, 0.5) is 4.39 Å². The third-order valence-electron chi connectivity index (χ3n) is 4.29. The Kier molecular flexibility index (Phi) is 5.36. The summed E-state index contributed by atoms with van der Waals surface area (Å²) in [6.07, 6.45) is 0.908. The number of nitrogens with two attached hydrogens (primary N) is 1. The monoisotopic (exact) mass is 293 g/mol.